The van der Waals surface area contributed by atoms with Crippen LogP contribution in [0.5, 0.6) is 0 Å². The number of hydrogen-bond donors (Lipinski definition) is 2. The van der Waals surface area contributed by atoms with Crippen LogP contribution in [0.1, 0.15) is 42.7 Å². The van der Waals surface area contributed by atoms with E-state index >= 15 is 0 Å². The summed E-state index contributed by atoms with van der Waals surface area (Å²) in [6.45, 7) is 4.58. The van der Waals surface area contributed by atoms with Crippen molar-refractivity contribution in [1.29, 1.82) is 0 Å². The molecule has 1 aromatic heterocycles. The number of rotatable bonds is 4. The molecule has 1 amide bonds. The molecule has 1 heterocycles. The lowest BCUT2D eigenvalue weighted by atomic mass is 9.98. The van der Waals surface area contributed by atoms with Gasteiger partial charge in [-0.3, -0.25) is 9.78 Å². The molecule has 4 heteroatoms. The van der Waals surface area contributed by atoms with E-state index in [-0.39, 0.29) is 11.4 Å². The van der Waals surface area contributed by atoms with Gasteiger partial charge >= 0.3 is 0 Å². The molecule has 0 bridgehead atoms. The monoisotopic (exact) mass is 233 g/mol. The van der Waals surface area contributed by atoms with Crippen LogP contribution in [0.4, 0.5) is 0 Å². The van der Waals surface area contributed by atoms with E-state index in [2.05, 4.69) is 24.1 Å². The van der Waals surface area contributed by atoms with E-state index in [0.717, 1.165) is 5.56 Å². The Hall–Kier alpha value is -1.42. The zero-order chi connectivity index (χ0) is 12.5. The van der Waals surface area contributed by atoms with Crippen molar-refractivity contribution in [2.24, 2.45) is 11.7 Å². The Morgan fingerprint density at radius 1 is 1.53 bits per heavy atom. The third kappa shape index (κ3) is 2.82. The smallest absolute Gasteiger partial charge is 0.270 e. The van der Waals surface area contributed by atoms with Crippen molar-refractivity contribution in [2.75, 3.05) is 0 Å². The van der Waals surface area contributed by atoms with E-state index in [9.17, 15) is 4.79 Å². The fraction of sp³-hybridized carbons (Fsp3) is 0.538. The fourth-order valence-electron chi connectivity index (χ4n) is 1.94. The standard InChI is InChI=1S/C13H19N3O/c1-13(2,10-4-5-10)16-12(17)11-6-3-9(7-14)8-15-11/h3,6,8,10H,4-5,7,14H2,1-2H3,(H,16,17). The van der Waals surface area contributed by atoms with Crippen molar-refractivity contribution in [1.82, 2.24) is 10.3 Å². The van der Waals surface area contributed by atoms with E-state index in [1.54, 1.807) is 12.3 Å². The molecule has 0 spiro atoms. The Morgan fingerprint density at radius 2 is 2.24 bits per heavy atom. The molecule has 2 rings (SSSR count). The normalized spacial score (nSPS) is 15.7. The average Bonchev–Trinajstić information content (AvgIpc) is 3.12. The third-order valence-corrected chi connectivity index (χ3v) is 3.33. The maximum absolute atomic E-state index is 12.0. The highest BCUT2D eigenvalue weighted by Gasteiger charge is 2.38. The zero-order valence-electron chi connectivity index (χ0n) is 10.4. The second kappa shape index (κ2) is 4.45. The molecule has 1 aliphatic rings. The highest BCUT2D eigenvalue weighted by Crippen LogP contribution is 2.39. The van der Waals surface area contributed by atoms with Crippen molar-refractivity contribution in [3.8, 4) is 0 Å². The highest BCUT2D eigenvalue weighted by molar-refractivity contribution is 5.92. The van der Waals surface area contributed by atoms with Gasteiger partial charge in [-0.2, -0.15) is 0 Å². The van der Waals surface area contributed by atoms with Gasteiger partial charge in [-0.05, 0) is 44.2 Å². The van der Waals surface area contributed by atoms with Crippen LogP contribution in [0.25, 0.3) is 0 Å². The zero-order valence-corrected chi connectivity index (χ0v) is 10.4. The van der Waals surface area contributed by atoms with E-state index in [0.29, 0.717) is 18.2 Å². The summed E-state index contributed by atoms with van der Waals surface area (Å²) < 4.78 is 0. The number of hydrogen-bond acceptors (Lipinski definition) is 3. The number of carbonyl (C=O) groups is 1. The van der Waals surface area contributed by atoms with Gasteiger partial charge in [0.25, 0.3) is 5.91 Å². The fourth-order valence-corrected chi connectivity index (χ4v) is 1.94. The number of nitrogens with one attached hydrogen (secondary N) is 1. The summed E-state index contributed by atoms with van der Waals surface area (Å²) in [7, 11) is 0. The highest BCUT2D eigenvalue weighted by atomic mass is 16.2. The SMILES string of the molecule is CC(C)(NC(=O)c1ccc(CN)cn1)C1CC1. The quantitative estimate of drug-likeness (QED) is 0.827. The Morgan fingerprint density at radius 3 is 2.71 bits per heavy atom. The number of carbonyl (C=O) groups excluding carboxylic acids is 1. The van der Waals surface area contributed by atoms with Gasteiger partial charge < -0.3 is 11.1 Å². The number of amides is 1. The largest absolute Gasteiger partial charge is 0.346 e. The van der Waals surface area contributed by atoms with Crippen LogP contribution in [0.15, 0.2) is 18.3 Å². The summed E-state index contributed by atoms with van der Waals surface area (Å²) in [5, 5.41) is 3.04. The average molecular weight is 233 g/mol. The van der Waals surface area contributed by atoms with Gasteiger partial charge in [0.1, 0.15) is 5.69 Å². The van der Waals surface area contributed by atoms with Gasteiger partial charge in [0.05, 0.1) is 0 Å². The first-order chi connectivity index (χ1) is 8.03. The van der Waals surface area contributed by atoms with Gasteiger partial charge in [0.2, 0.25) is 0 Å². The molecule has 1 fully saturated rings. The Kier molecular flexibility index (Phi) is 3.15. The molecular weight excluding hydrogens is 214 g/mol. The molecular formula is C13H19N3O. The van der Waals surface area contributed by atoms with Crippen molar-refractivity contribution in [3.05, 3.63) is 29.6 Å². The molecule has 0 saturated heterocycles. The van der Waals surface area contributed by atoms with Gasteiger partial charge in [-0.25, -0.2) is 0 Å². The molecule has 1 saturated carbocycles. The summed E-state index contributed by atoms with van der Waals surface area (Å²) in [4.78, 5) is 16.1. The molecule has 4 nitrogen and oxygen atoms in total. The lowest BCUT2D eigenvalue weighted by molar-refractivity contribution is 0.0898. The van der Waals surface area contributed by atoms with Crippen LogP contribution >= 0.6 is 0 Å². The number of pyridine rings is 1. The second-order valence-electron chi connectivity index (χ2n) is 5.21. The van der Waals surface area contributed by atoms with E-state index < -0.39 is 0 Å². The predicted octanol–water partition coefficient (Wildman–Crippen LogP) is 1.46. The molecule has 1 aliphatic carbocycles. The topological polar surface area (TPSA) is 68.0 Å². The van der Waals surface area contributed by atoms with Gasteiger partial charge in [-0.15, -0.1) is 0 Å². The molecule has 1 aromatic rings. The van der Waals surface area contributed by atoms with Crippen LogP contribution in [0.3, 0.4) is 0 Å². The van der Waals surface area contributed by atoms with Crippen LogP contribution < -0.4 is 11.1 Å². The molecule has 92 valence electrons. The van der Waals surface area contributed by atoms with Gasteiger partial charge in [0, 0.05) is 18.3 Å². The molecule has 3 N–H and O–H groups in total. The summed E-state index contributed by atoms with van der Waals surface area (Å²) in [5.74, 6) is 0.500. The molecule has 0 atom stereocenters. The molecule has 0 aliphatic heterocycles. The summed E-state index contributed by atoms with van der Waals surface area (Å²) >= 11 is 0. The van der Waals surface area contributed by atoms with Crippen molar-refractivity contribution in [2.45, 2.75) is 38.8 Å². The third-order valence-electron chi connectivity index (χ3n) is 3.33. The van der Waals surface area contributed by atoms with Crippen LogP contribution in [-0.2, 0) is 6.54 Å². The maximum Gasteiger partial charge on any atom is 0.270 e. The summed E-state index contributed by atoms with van der Waals surface area (Å²) in [5.41, 5.74) is 6.74. The van der Waals surface area contributed by atoms with E-state index in [1.165, 1.54) is 12.8 Å². The molecule has 17 heavy (non-hydrogen) atoms. The number of nitrogens with two attached hydrogens (primary N) is 1. The van der Waals surface area contributed by atoms with E-state index in [4.69, 9.17) is 5.73 Å². The molecule has 0 aromatic carbocycles. The van der Waals surface area contributed by atoms with Gasteiger partial charge in [-0.1, -0.05) is 6.07 Å². The minimum absolute atomic E-state index is 0.106. The van der Waals surface area contributed by atoms with Gasteiger partial charge in [0.15, 0.2) is 0 Å². The number of nitrogens with zero attached hydrogens (tertiary/aromatic N) is 1. The number of aromatic nitrogens is 1. The first-order valence-electron chi connectivity index (χ1n) is 6.00. The first-order valence-corrected chi connectivity index (χ1v) is 6.00. The molecule has 0 radical (unpaired) electrons. The maximum atomic E-state index is 12.0. The first kappa shape index (κ1) is 12.0. The van der Waals surface area contributed by atoms with Crippen LogP contribution in [0.2, 0.25) is 0 Å². The minimum atomic E-state index is -0.134. The van der Waals surface area contributed by atoms with E-state index in [1.807, 2.05) is 6.07 Å². The van der Waals surface area contributed by atoms with Crippen LogP contribution in [-0.4, -0.2) is 16.4 Å². The second-order valence-corrected chi connectivity index (χ2v) is 5.21. The Bertz CT molecular complexity index is 407. The summed E-state index contributed by atoms with van der Waals surface area (Å²) in [6.07, 6.45) is 4.05. The van der Waals surface area contributed by atoms with Crippen LogP contribution in [0, 0.1) is 5.92 Å². The van der Waals surface area contributed by atoms with Crippen molar-refractivity contribution in [3.63, 3.8) is 0 Å². The van der Waals surface area contributed by atoms with Crippen molar-refractivity contribution < 1.29 is 4.79 Å². The lowest BCUT2D eigenvalue weighted by Crippen LogP contribution is -2.45. The van der Waals surface area contributed by atoms with Crippen molar-refractivity contribution >= 4 is 5.91 Å². The predicted molar refractivity (Wildman–Crippen MR) is 66.4 cm³/mol. The Balaban J connectivity index is 2.03. The lowest BCUT2D eigenvalue weighted by Gasteiger charge is -2.25. The minimum Gasteiger partial charge on any atom is -0.346 e. The Labute approximate surface area is 102 Å². The summed E-state index contributed by atoms with van der Waals surface area (Å²) in [6, 6.07) is 3.56. The molecule has 0 unspecified atom stereocenters.